The molecule has 0 radical (unpaired) electrons. The minimum Gasteiger partial charge on any atom is -0.495 e. The van der Waals surface area contributed by atoms with Crippen molar-refractivity contribution in [3.8, 4) is 5.75 Å². The van der Waals surface area contributed by atoms with Gasteiger partial charge < -0.3 is 34.6 Å². The van der Waals surface area contributed by atoms with Crippen LogP contribution in [0.25, 0.3) is 0 Å². The number of benzene rings is 1. The summed E-state index contributed by atoms with van der Waals surface area (Å²) in [5, 5.41) is 41.9. The fourth-order valence-electron chi connectivity index (χ4n) is 4.01. The molecule has 30 heavy (non-hydrogen) atoms. The summed E-state index contributed by atoms with van der Waals surface area (Å²) < 4.78 is 16.8. The zero-order valence-electron chi connectivity index (χ0n) is 16.5. The number of rotatable bonds is 4. The monoisotopic (exact) mass is 437 g/mol. The standard InChI is InChI=1S/C21H24ClNO7/c1-10(24)19-17(25)18(26)20(27)21(30-19)15-6-11(16(22)7-12(15)9-29-21)5-13-3-4-14(28-2)8-23-13/h3-4,6-8,10,17-20,24-27H,5,9H2,1-2H3/t10-,17+,18+,19-,20-,21+/m1/s1. The van der Waals surface area contributed by atoms with Gasteiger partial charge >= 0.3 is 0 Å². The third kappa shape index (κ3) is 3.48. The second-order valence-electron chi connectivity index (χ2n) is 7.67. The number of halogens is 1. The third-order valence-electron chi connectivity index (χ3n) is 5.68. The molecule has 0 bridgehead atoms. The number of nitrogens with zero attached hydrogens (tertiary/aromatic N) is 1. The van der Waals surface area contributed by atoms with E-state index in [4.69, 9.17) is 25.8 Å². The highest BCUT2D eigenvalue weighted by atomic mass is 35.5. The second kappa shape index (κ2) is 8.05. The molecule has 1 aromatic carbocycles. The van der Waals surface area contributed by atoms with Gasteiger partial charge in [0.15, 0.2) is 0 Å². The Balaban J connectivity index is 1.72. The lowest BCUT2D eigenvalue weighted by Gasteiger charge is -2.47. The van der Waals surface area contributed by atoms with Crippen LogP contribution < -0.4 is 4.74 Å². The summed E-state index contributed by atoms with van der Waals surface area (Å²) in [5.41, 5.74) is 2.67. The van der Waals surface area contributed by atoms with E-state index in [-0.39, 0.29) is 6.61 Å². The largest absolute Gasteiger partial charge is 0.495 e. The van der Waals surface area contributed by atoms with Gasteiger partial charge in [-0.1, -0.05) is 11.6 Å². The molecule has 6 atom stereocenters. The average molecular weight is 438 g/mol. The van der Waals surface area contributed by atoms with Crippen LogP contribution in [0.2, 0.25) is 5.02 Å². The van der Waals surface area contributed by atoms with Crippen LogP contribution in [0.3, 0.4) is 0 Å². The van der Waals surface area contributed by atoms with Crippen LogP contribution in [0.4, 0.5) is 0 Å². The maximum Gasteiger partial charge on any atom is 0.225 e. The zero-order valence-corrected chi connectivity index (χ0v) is 17.3. The van der Waals surface area contributed by atoms with Crippen molar-refractivity contribution < 1.29 is 34.6 Å². The van der Waals surface area contributed by atoms with Crippen LogP contribution >= 0.6 is 11.6 Å². The number of fused-ring (bicyclic) bond motifs is 2. The molecule has 2 aromatic rings. The van der Waals surface area contributed by atoms with Crippen molar-refractivity contribution in [3.05, 3.63) is 57.9 Å². The topological polar surface area (TPSA) is 122 Å². The van der Waals surface area contributed by atoms with Gasteiger partial charge in [-0.05, 0) is 42.3 Å². The number of aromatic nitrogens is 1. The fourth-order valence-corrected chi connectivity index (χ4v) is 4.26. The summed E-state index contributed by atoms with van der Waals surface area (Å²) in [5.74, 6) is -1.08. The van der Waals surface area contributed by atoms with Gasteiger partial charge in [-0.2, -0.15) is 0 Å². The van der Waals surface area contributed by atoms with Gasteiger partial charge in [0, 0.05) is 22.7 Å². The molecular formula is C21H24ClNO7. The molecule has 0 aliphatic carbocycles. The third-order valence-corrected chi connectivity index (χ3v) is 6.03. The molecule has 4 N–H and O–H groups in total. The van der Waals surface area contributed by atoms with Crippen LogP contribution in [0, 0.1) is 0 Å². The van der Waals surface area contributed by atoms with E-state index in [1.165, 1.54) is 6.92 Å². The minimum atomic E-state index is -1.72. The Hall–Kier alpha value is -1.78. The number of pyridine rings is 1. The molecule has 1 fully saturated rings. The van der Waals surface area contributed by atoms with Gasteiger partial charge in [0.1, 0.15) is 30.2 Å². The molecule has 2 aliphatic heterocycles. The lowest BCUT2D eigenvalue weighted by molar-refractivity contribution is -0.374. The summed E-state index contributed by atoms with van der Waals surface area (Å²) >= 11 is 6.47. The normalized spacial score (nSPS) is 31.6. The Morgan fingerprint density at radius 3 is 2.67 bits per heavy atom. The van der Waals surface area contributed by atoms with Crippen molar-refractivity contribution in [1.82, 2.24) is 4.98 Å². The number of aliphatic hydroxyl groups excluding tert-OH is 4. The molecular weight excluding hydrogens is 414 g/mol. The number of ether oxygens (including phenoxy) is 3. The molecule has 0 amide bonds. The first-order valence-electron chi connectivity index (χ1n) is 9.61. The van der Waals surface area contributed by atoms with Crippen molar-refractivity contribution in [2.45, 2.75) is 56.3 Å². The van der Waals surface area contributed by atoms with E-state index in [1.807, 2.05) is 6.07 Å². The van der Waals surface area contributed by atoms with Crippen molar-refractivity contribution in [3.63, 3.8) is 0 Å². The summed E-state index contributed by atoms with van der Waals surface area (Å²) in [4.78, 5) is 4.35. The Kier molecular flexibility index (Phi) is 5.75. The van der Waals surface area contributed by atoms with Gasteiger partial charge in [0.25, 0.3) is 0 Å². The highest BCUT2D eigenvalue weighted by molar-refractivity contribution is 6.31. The van der Waals surface area contributed by atoms with Crippen LogP contribution in [0.1, 0.15) is 29.3 Å². The summed E-state index contributed by atoms with van der Waals surface area (Å²) in [6.07, 6.45) is -4.80. The Labute approximate surface area is 178 Å². The lowest BCUT2D eigenvalue weighted by Crippen LogP contribution is -2.64. The quantitative estimate of drug-likeness (QED) is 0.556. The average Bonchev–Trinajstić information content (AvgIpc) is 3.08. The van der Waals surface area contributed by atoms with E-state index in [9.17, 15) is 20.4 Å². The number of hydrogen-bond acceptors (Lipinski definition) is 8. The van der Waals surface area contributed by atoms with E-state index in [2.05, 4.69) is 4.98 Å². The van der Waals surface area contributed by atoms with Gasteiger partial charge in [-0.25, -0.2) is 0 Å². The molecule has 9 heteroatoms. The highest BCUT2D eigenvalue weighted by Gasteiger charge is 2.59. The van der Waals surface area contributed by atoms with E-state index in [0.717, 1.165) is 11.3 Å². The Morgan fingerprint density at radius 2 is 2.03 bits per heavy atom. The van der Waals surface area contributed by atoms with Crippen molar-refractivity contribution in [2.24, 2.45) is 0 Å². The predicted molar refractivity (Wildman–Crippen MR) is 106 cm³/mol. The first-order chi connectivity index (χ1) is 14.3. The van der Waals surface area contributed by atoms with E-state index >= 15 is 0 Å². The molecule has 4 rings (SSSR count). The second-order valence-corrected chi connectivity index (χ2v) is 8.08. The SMILES string of the molecule is COc1ccc(Cc2cc3c(cc2Cl)CO[C@]32O[C@H]([C@@H](C)O)[C@@H](O)[C@H](O)[C@H]2O)nc1. The zero-order chi connectivity index (χ0) is 21.6. The molecule has 0 saturated carbocycles. The molecule has 162 valence electrons. The highest BCUT2D eigenvalue weighted by Crippen LogP contribution is 2.47. The van der Waals surface area contributed by atoms with Gasteiger partial charge in [0.05, 0.1) is 26.0 Å². The van der Waals surface area contributed by atoms with Gasteiger partial charge in [0.2, 0.25) is 5.79 Å². The first-order valence-corrected chi connectivity index (χ1v) is 9.99. The van der Waals surface area contributed by atoms with Crippen molar-refractivity contribution in [1.29, 1.82) is 0 Å². The van der Waals surface area contributed by atoms with Gasteiger partial charge in [-0.3, -0.25) is 4.98 Å². The van der Waals surface area contributed by atoms with Crippen molar-refractivity contribution >= 4 is 11.6 Å². The van der Waals surface area contributed by atoms with Crippen LogP contribution in [0.5, 0.6) is 5.75 Å². The van der Waals surface area contributed by atoms with E-state index in [1.54, 1.807) is 31.5 Å². The fraction of sp³-hybridized carbons (Fsp3) is 0.476. The van der Waals surface area contributed by atoms with E-state index < -0.39 is 36.3 Å². The summed E-state index contributed by atoms with van der Waals surface area (Å²) in [6, 6.07) is 7.11. The molecule has 1 aromatic heterocycles. The molecule has 1 spiro atoms. The maximum absolute atomic E-state index is 10.8. The van der Waals surface area contributed by atoms with Crippen LogP contribution in [-0.2, 0) is 28.3 Å². The first kappa shape index (κ1) is 21.5. The Bertz CT molecular complexity index is 922. The maximum atomic E-state index is 10.8. The van der Waals surface area contributed by atoms with Crippen molar-refractivity contribution in [2.75, 3.05) is 7.11 Å². The molecule has 3 heterocycles. The minimum absolute atomic E-state index is 0.0997. The Morgan fingerprint density at radius 1 is 1.27 bits per heavy atom. The molecule has 0 unspecified atom stereocenters. The smallest absolute Gasteiger partial charge is 0.225 e. The molecule has 1 saturated heterocycles. The summed E-state index contributed by atoms with van der Waals surface area (Å²) in [6.45, 7) is 1.53. The van der Waals surface area contributed by atoms with Crippen LogP contribution in [-0.4, -0.2) is 63.0 Å². The predicted octanol–water partition coefficient (Wildman–Crippen LogP) is 0.880. The number of aliphatic hydroxyl groups is 4. The van der Waals surface area contributed by atoms with Crippen LogP contribution in [0.15, 0.2) is 30.5 Å². The molecule has 2 aliphatic rings. The number of methoxy groups -OCH3 is 1. The van der Waals surface area contributed by atoms with Gasteiger partial charge in [-0.15, -0.1) is 0 Å². The van der Waals surface area contributed by atoms with E-state index in [0.29, 0.717) is 28.3 Å². The lowest BCUT2D eigenvalue weighted by atomic mass is 9.85. The molecule has 8 nitrogen and oxygen atoms in total. The summed E-state index contributed by atoms with van der Waals surface area (Å²) in [7, 11) is 1.56. The number of hydrogen-bond donors (Lipinski definition) is 4.